The summed E-state index contributed by atoms with van der Waals surface area (Å²) < 4.78 is 65.2. The van der Waals surface area contributed by atoms with E-state index in [2.05, 4.69) is 10.0 Å². The van der Waals surface area contributed by atoms with Crippen LogP contribution < -0.4 is 10.0 Å². The van der Waals surface area contributed by atoms with Gasteiger partial charge in [0.05, 0.1) is 10.5 Å². The predicted octanol–water partition coefficient (Wildman–Crippen LogP) is 1.74. The van der Waals surface area contributed by atoms with E-state index in [1.54, 1.807) is 0 Å². The smallest absolute Gasteiger partial charge is 0.317 e. The molecule has 1 fully saturated rings. The van der Waals surface area contributed by atoms with Crippen molar-refractivity contribution in [2.75, 3.05) is 13.1 Å². The number of sulfonamides is 1. The van der Waals surface area contributed by atoms with Gasteiger partial charge in [0.25, 0.3) is 0 Å². The van der Waals surface area contributed by atoms with Gasteiger partial charge in [-0.05, 0) is 38.1 Å². The van der Waals surface area contributed by atoms with E-state index in [1.165, 1.54) is 12.1 Å². The van der Waals surface area contributed by atoms with Gasteiger partial charge in [-0.1, -0.05) is 12.1 Å². The van der Waals surface area contributed by atoms with Gasteiger partial charge in [0.2, 0.25) is 10.0 Å². The minimum absolute atomic E-state index is 0.331. The average Bonchev–Trinajstić information content (AvgIpc) is 2.38. The molecule has 20 heavy (non-hydrogen) atoms. The number of hydrogen-bond donors (Lipinski definition) is 2. The molecule has 0 radical (unpaired) electrons. The summed E-state index contributed by atoms with van der Waals surface area (Å²) in [4.78, 5) is -0.717. The van der Waals surface area contributed by atoms with E-state index in [0.29, 0.717) is 25.9 Å². The van der Waals surface area contributed by atoms with Gasteiger partial charge in [0.15, 0.2) is 0 Å². The lowest BCUT2D eigenvalue weighted by molar-refractivity contribution is -0.139. The lowest BCUT2D eigenvalue weighted by Crippen LogP contribution is -2.43. The van der Waals surface area contributed by atoms with Crippen molar-refractivity contribution >= 4 is 10.0 Å². The van der Waals surface area contributed by atoms with Crippen molar-refractivity contribution in [3.63, 3.8) is 0 Å². The first kappa shape index (κ1) is 15.3. The highest BCUT2D eigenvalue weighted by Gasteiger charge is 2.37. The molecule has 0 aromatic heterocycles. The second kappa shape index (κ2) is 5.71. The van der Waals surface area contributed by atoms with Gasteiger partial charge in [-0.2, -0.15) is 13.2 Å². The lowest BCUT2D eigenvalue weighted by Gasteiger charge is -2.24. The lowest BCUT2D eigenvalue weighted by atomic mass is 10.1. The first-order valence-corrected chi connectivity index (χ1v) is 7.68. The SMILES string of the molecule is O=S(=O)(NC1CCNCC1)c1ccccc1C(F)(F)F. The van der Waals surface area contributed by atoms with Crippen LogP contribution in [0.25, 0.3) is 0 Å². The van der Waals surface area contributed by atoms with Crippen molar-refractivity contribution in [3.8, 4) is 0 Å². The summed E-state index contributed by atoms with van der Waals surface area (Å²) >= 11 is 0. The van der Waals surface area contributed by atoms with Crippen LogP contribution in [0.4, 0.5) is 13.2 Å². The minimum atomic E-state index is -4.69. The van der Waals surface area contributed by atoms with Crippen molar-refractivity contribution in [2.24, 2.45) is 0 Å². The van der Waals surface area contributed by atoms with Crippen LogP contribution in [0, 0.1) is 0 Å². The zero-order valence-corrected chi connectivity index (χ0v) is 11.4. The molecule has 0 bridgehead atoms. The van der Waals surface area contributed by atoms with Crippen molar-refractivity contribution in [1.29, 1.82) is 0 Å². The molecule has 0 aliphatic carbocycles. The fourth-order valence-electron chi connectivity index (χ4n) is 2.16. The third kappa shape index (κ3) is 3.50. The Bertz CT molecular complexity index is 566. The van der Waals surface area contributed by atoms with Crippen LogP contribution in [-0.4, -0.2) is 27.5 Å². The first-order chi connectivity index (χ1) is 9.31. The predicted molar refractivity (Wildman–Crippen MR) is 67.7 cm³/mol. The fraction of sp³-hybridized carbons (Fsp3) is 0.500. The van der Waals surface area contributed by atoms with Crippen LogP contribution in [0.15, 0.2) is 29.2 Å². The Morgan fingerprint density at radius 3 is 2.35 bits per heavy atom. The minimum Gasteiger partial charge on any atom is -0.317 e. The average molecular weight is 308 g/mol. The Morgan fingerprint density at radius 2 is 1.75 bits per heavy atom. The third-order valence-electron chi connectivity index (χ3n) is 3.14. The Labute approximate surface area is 115 Å². The van der Waals surface area contributed by atoms with Crippen molar-refractivity contribution in [2.45, 2.75) is 30.0 Å². The number of nitrogens with one attached hydrogen (secondary N) is 2. The largest absolute Gasteiger partial charge is 0.417 e. The Hall–Kier alpha value is -1.12. The molecular formula is C12H15F3N2O2S. The maximum atomic E-state index is 12.9. The number of benzene rings is 1. The zero-order valence-electron chi connectivity index (χ0n) is 10.6. The van der Waals surface area contributed by atoms with Crippen LogP contribution in [-0.2, 0) is 16.2 Å². The standard InChI is InChI=1S/C12H15F3N2O2S/c13-12(14,15)10-3-1-2-4-11(10)20(18,19)17-9-5-7-16-8-6-9/h1-4,9,16-17H,5-8H2. The summed E-state index contributed by atoms with van der Waals surface area (Å²) in [5.74, 6) is 0. The molecule has 2 N–H and O–H groups in total. The summed E-state index contributed by atoms with van der Waals surface area (Å²) in [6, 6.07) is 3.88. The second-order valence-electron chi connectivity index (χ2n) is 4.64. The molecular weight excluding hydrogens is 293 g/mol. The van der Waals surface area contributed by atoms with Crippen LogP contribution in [0.3, 0.4) is 0 Å². The maximum Gasteiger partial charge on any atom is 0.417 e. The molecule has 0 spiro atoms. The number of rotatable bonds is 3. The van der Waals surface area contributed by atoms with E-state index >= 15 is 0 Å². The summed E-state index contributed by atoms with van der Waals surface area (Å²) in [7, 11) is -4.17. The van der Waals surface area contributed by atoms with Gasteiger partial charge >= 0.3 is 6.18 Å². The quantitative estimate of drug-likeness (QED) is 0.894. The molecule has 4 nitrogen and oxygen atoms in total. The van der Waals surface area contributed by atoms with Crippen LogP contribution in [0.1, 0.15) is 18.4 Å². The molecule has 1 aliphatic heterocycles. The van der Waals surface area contributed by atoms with Gasteiger partial charge in [0, 0.05) is 6.04 Å². The number of piperidine rings is 1. The molecule has 1 heterocycles. The molecule has 112 valence electrons. The highest BCUT2D eigenvalue weighted by Crippen LogP contribution is 2.34. The van der Waals surface area contributed by atoms with E-state index in [9.17, 15) is 21.6 Å². The summed E-state index contributed by atoms with van der Waals surface area (Å²) in [5.41, 5.74) is -1.14. The first-order valence-electron chi connectivity index (χ1n) is 6.20. The monoisotopic (exact) mass is 308 g/mol. The van der Waals surface area contributed by atoms with Gasteiger partial charge < -0.3 is 5.32 Å². The van der Waals surface area contributed by atoms with E-state index in [0.717, 1.165) is 12.1 Å². The van der Waals surface area contributed by atoms with E-state index in [4.69, 9.17) is 0 Å². The molecule has 1 aromatic rings. The Kier molecular flexibility index (Phi) is 4.36. The maximum absolute atomic E-state index is 12.9. The molecule has 1 aromatic carbocycles. The molecule has 1 aliphatic rings. The highest BCUT2D eigenvalue weighted by atomic mass is 32.2. The van der Waals surface area contributed by atoms with Gasteiger partial charge in [-0.25, -0.2) is 13.1 Å². The van der Waals surface area contributed by atoms with E-state index < -0.39 is 26.7 Å². The third-order valence-corrected chi connectivity index (χ3v) is 4.72. The molecule has 0 unspecified atom stereocenters. The Morgan fingerprint density at radius 1 is 1.15 bits per heavy atom. The summed E-state index contributed by atoms with van der Waals surface area (Å²) in [6.45, 7) is 1.29. The van der Waals surface area contributed by atoms with Crippen LogP contribution in [0.5, 0.6) is 0 Å². The van der Waals surface area contributed by atoms with Crippen LogP contribution >= 0.6 is 0 Å². The molecule has 2 rings (SSSR count). The number of alkyl halides is 3. The molecule has 0 amide bonds. The van der Waals surface area contributed by atoms with Gasteiger partial charge in [-0.3, -0.25) is 0 Å². The molecule has 1 saturated heterocycles. The fourth-order valence-corrected chi connectivity index (χ4v) is 3.69. The summed E-state index contributed by atoms with van der Waals surface area (Å²) in [6.07, 6.45) is -3.57. The number of hydrogen-bond acceptors (Lipinski definition) is 3. The van der Waals surface area contributed by atoms with Gasteiger partial charge in [0.1, 0.15) is 0 Å². The number of halogens is 3. The Balaban J connectivity index is 2.29. The van der Waals surface area contributed by atoms with Crippen molar-refractivity contribution < 1.29 is 21.6 Å². The zero-order chi connectivity index (χ0) is 14.8. The normalized spacial score (nSPS) is 18.1. The molecule has 0 atom stereocenters. The van der Waals surface area contributed by atoms with Crippen LogP contribution in [0.2, 0.25) is 0 Å². The second-order valence-corrected chi connectivity index (χ2v) is 6.32. The molecule has 0 saturated carbocycles. The van der Waals surface area contributed by atoms with E-state index in [1.807, 2.05) is 0 Å². The van der Waals surface area contributed by atoms with Crippen molar-refractivity contribution in [3.05, 3.63) is 29.8 Å². The topological polar surface area (TPSA) is 58.2 Å². The van der Waals surface area contributed by atoms with Gasteiger partial charge in [-0.15, -0.1) is 0 Å². The van der Waals surface area contributed by atoms with E-state index in [-0.39, 0.29) is 6.04 Å². The molecule has 8 heteroatoms. The highest BCUT2D eigenvalue weighted by molar-refractivity contribution is 7.89. The van der Waals surface area contributed by atoms with Crippen molar-refractivity contribution in [1.82, 2.24) is 10.0 Å². The summed E-state index contributed by atoms with van der Waals surface area (Å²) in [5, 5.41) is 3.06.